The Morgan fingerprint density at radius 1 is 1.24 bits per heavy atom. The highest BCUT2D eigenvalue weighted by Gasteiger charge is 2.19. The molecule has 0 aliphatic carbocycles. The highest BCUT2D eigenvalue weighted by atomic mass is 16.5. The summed E-state index contributed by atoms with van der Waals surface area (Å²) < 4.78 is 12.1. The quantitative estimate of drug-likeness (QED) is 0.691. The Morgan fingerprint density at radius 3 is 2.71 bits per heavy atom. The molecule has 0 saturated carbocycles. The van der Waals surface area contributed by atoms with Crippen LogP contribution in [0.5, 0.6) is 11.6 Å². The summed E-state index contributed by atoms with van der Waals surface area (Å²) in [7, 11) is 1.34. The van der Waals surface area contributed by atoms with Crippen molar-refractivity contribution in [1.82, 2.24) is 14.6 Å². The normalized spacial score (nSPS) is 10.6. The average Bonchev–Trinajstić information content (AvgIpc) is 2.86. The maximum Gasteiger partial charge on any atom is 0.339 e. The molecule has 3 rings (SSSR count). The predicted molar refractivity (Wildman–Crippen MR) is 75.6 cm³/mol. The molecule has 6 heteroatoms. The van der Waals surface area contributed by atoms with Crippen molar-refractivity contribution in [2.75, 3.05) is 7.11 Å². The SMILES string of the molecule is COC(=O)c1cn2ncnc(Oc3ccccc3)c2c1C. The van der Waals surface area contributed by atoms with Gasteiger partial charge in [0.25, 0.3) is 0 Å². The second-order valence-electron chi connectivity index (χ2n) is 4.43. The van der Waals surface area contributed by atoms with Crippen LogP contribution < -0.4 is 4.74 Å². The van der Waals surface area contributed by atoms with Crippen LogP contribution in [0.4, 0.5) is 0 Å². The molecule has 0 aliphatic rings. The summed E-state index contributed by atoms with van der Waals surface area (Å²) >= 11 is 0. The maximum absolute atomic E-state index is 11.7. The zero-order valence-electron chi connectivity index (χ0n) is 11.6. The van der Waals surface area contributed by atoms with Gasteiger partial charge in [0.2, 0.25) is 5.88 Å². The summed E-state index contributed by atoms with van der Waals surface area (Å²) in [6.07, 6.45) is 2.99. The van der Waals surface area contributed by atoms with Crippen LogP contribution in [0, 0.1) is 6.92 Å². The fourth-order valence-corrected chi connectivity index (χ4v) is 2.12. The smallest absolute Gasteiger partial charge is 0.339 e. The minimum atomic E-state index is -0.413. The summed E-state index contributed by atoms with van der Waals surface area (Å²) in [4.78, 5) is 15.9. The van der Waals surface area contributed by atoms with Crippen molar-refractivity contribution in [2.45, 2.75) is 6.92 Å². The van der Waals surface area contributed by atoms with Crippen molar-refractivity contribution >= 4 is 11.5 Å². The number of carbonyl (C=O) groups is 1. The monoisotopic (exact) mass is 283 g/mol. The standard InChI is InChI=1S/C15H13N3O3/c1-10-12(15(19)20-2)8-18-13(10)14(16-9-17-18)21-11-6-4-3-5-7-11/h3-9H,1-2H3. The zero-order valence-corrected chi connectivity index (χ0v) is 11.6. The first-order chi connectivity index (χ1) is 10.2. The Kier molecular flexibility index (Phi) is 3.27. The largest absolute Gasteiger partial charge is 0.465 e. The third kappa shape index (κ3) is 2.31. The molecule has 106 valence electrons. The molecule has 0 radical (unpaired) electrons. The zero-order chi connectivity index (χ0) is 14.8. The van der Waals surface area contributed by atoms with Crippen molar-refractivity contribution in [3.63, 3.8) is 0 Å². The van der Waals surface area contributed by atoms with Crippen LogP contribution in [0.1, 0.15) is 15.9 Å². The van der Waals surface area contributed by atoms with E-state index in [-0.39, 0.29) is 0 Å². The van der Waals surface area contributed by atoms with Crippen LogP contribution in [0.15, 0.2) is 42.9 Å². The van der Waals surface area contributed by atoms with E-state index in [1.165, 1.54) is 13.4 Å². The van der Waals surface area contributed by atoms with E-state index in [4.69, 9.17) is 9.47 Å². The number of aromatic nitrogens is 3. The summed E-state index contributed by atoms with van der Waals surface area (Å²) in [5.74, 6) is 0.644. The summed E-state index contributed by atoms with van der Waals surface area (Å²) in [5, 5.41) is 4.10. The van der Waals surface area contributed by atoms with E-state index >= 15 is 0 Å². The first-order valence-electron chi connectivity index (χ1n) is 6.35. The minimum absolute atomic E-state index is 0.392. The number of carbonyl (C=O) groups excluding carboxylic acids is 1. The van der Waals surface area contributed by atoms with Crippen molar-refractivity contribution in [1.29, 1.82) is 0 Å². The number of rotatable bonds is 3. The predicted octanol–water partition coefficient (Wildman–Crippen LogP) is 2.62. The fraction of sp³-hybridized carbons (Fsp3) is 0.133. The van der Waals surface area contributed by atoms with Crippen LogP contribution in [-0.2, 0) is 4.74 Å². The van der Waals surface area contributed by atoms with Crippen molar-refractivity contribution in [3.05, 3.63) is 54.0 Å². The molecule has 0 atom stereocenters. The summed E-state index contributed by atoms with van der Waals surface area (Å²) in [6, 6.07) is 9.31. The number of hydrogen-bond donors (Lipinski definition) is 0. The molecule has 0 amide bonds. The van der Waals surface area contributed by atoms with Crippen LogP contribution in [0.2, 0.25) is 0 Å². The lowest BCUT2D eigenvalue weighted by Gasteiger charge is -2.06. The molecule has 3 aromatic rings. The average molecular weight is 283 g/mol. The molecule has 6 nitrogen and oxygen atoms in total. The van der Waals surface area contributed by atoms with Crippen molar-refractivity contribution in [3.8, 4) is 11.6 Å². The first-order valence-corrected chi connectivity index (χ1v) is 6.35. The minimum Gasteiger partial charge on any atom is -0.465 e. The summed E-state index contributed by atoms with van der Waals surface area (Å²) in [5.41, 5.74) is 1.80. The molecule has 0 aliphatic heterocycles. The first kappa shape index (κ1) is 13.1. The van der Waals surface area contributed by atoms with E-state index in [1.807, 2.05) is 37.3 Å². The van der Waals surface area contributed by atoms with Crippen molar-refractivity contribution < 1.29 is 14.3 Å². The molecule has 2 aromatic heterocycles. The number of benzene rings is 1. The van der Waals surface area contributed by atoms with E-state index in [2.05, 4.69) is 10.1 Å². The molecule has 1 aromatic carbocycles. The summed E-state index contributed by atoms with van der Waals surface area (Å²) in [6.45, 7) is 1.81. The second-order valence-corrected chi connectivity index (χ2v) is 4.43. The topological polar surface area (TPSA) is 65.7 Å². The Labute approximate surface area is 120 Å². The molecular weight excluding hydrogens is 270 g/mol. The molecule has 2 heterocycles. The van der Waals surface area contributed by atoms with Crippen LogP contribution >= 0.6 is 0 Å². The Bertz CT molecular complexity index is 797. The van der Waals surface area contributed by atoms with E-state index in [9.17, 15) is 4.79 Å². The molecule has 0 fully saturated rings. The number of fused-ring (bicyclic) bond motifs is 1. The third-order valence-electron chi connectivity index (χ3n) is 3.16. The lowest BCUT2D eigenvalue weighted by atomic mass is 10.2. The molecular formula is C15H13N3O3. The number of aryl methyl sites for hydroxylation is 1. The van der Waals surface area contributed by atoms with E-state index in [1.54, 1.807) is 10.7 Å². The molecule has 21 heavy (non-hydrogen) atoms. The molecule has 0 unspecified atom stereocenters. The van der Waals surface area contributed by atoms with Gasteiger partial charge in [-0.15, -0.1) is 0 Å². The maximum atomic E-state index is 11.7. The Morgan fingerprint density at radius 2 is 2.00 bits per heavy atom. The number of nitrogens with zero attached hydrogens (tertiary/aromatic N) is 3. The Balaban J connectivity index is 2.11. The van der Waals surface area contributed by atoms with Gasteiger partial charge >= 0.3 is 5.97 Å². The number of para-hydroxylation sites is 1. The van der Waals surface area contributed by atoms with Gasteiger partial charge in [-0.25, -0.2) is 9.31 Å². The van der Waals surface area contributed by atoms with Crippen LogP contribution in [-0.4, -0.2) is 27.7 Å². The number of methoxy groups -OCH3 is 1. The van der Waals surface area contributed by atoms with Gasteiger partial charge in [0.1, 0.15) is 17.6 Å². The van der Waals surface area contributed by atoms with E-state index < -0.39 is 5.97 Å². The van der Waals surface area contributed by atoms with Crippen LogP contribution in [0.25, 0.3) is 5.52 Å². The lowest BCUT2D eigenvalue weighted by molar-refractivity contribution is 0.0600. The van der Waals surface area contributed by atoms with Gasteiger partial charge < -0.3 is 9.47 Å². The van der Waals surface area contributed by atoms with Crippen LogP contribution in [0.3, 0.4) is 0 Å². The lowest BCUT2D eigenvalue weighted by Crippen LogP contribution is -2.00. The number of hydrogen-bond acceptors (Lipinski definition) is 5. The van der Waals surface area contributed by atoms with Gasteiger partial charge in [0.05, 0.1) is 12.7 Å². The number of ether oxygens (including phenoxy) is 2. The Hall–Kier alpha value is -2.89. The van der Waals surface area contributed by atoms with E-state index in [0.29, 0.717) is 28.3 Å². The highest BCUT2D eigenvalue weighted by Crippen LogP contribution is 2.28. The van der Waals surface area contributed by atoms with Gasteiger partial charge in [-0.2, -0.15) is 10.1 Å². The van der Waals surface area contributed by atoms with Crippen molar-refractivity contribution in [2.24, 2.45) is 0 Å². The van der Waals surface area contributed by atoms with Gasteiger partial charge in [0, 0.05) is 6.20 Å². The van der Waals surface area contributed by atoms with Gasteiger partial charge in [-0.1, -0.05) is 18.2 Å². The molecule has 0 saturated heterocycles. The van der Waals surface area contributed by atoms with E-state index in [0.717, 1.165) is 0 Å². The van der Waals surface area contributed by atoms with Gasteiger partial charge in [-0.05, 0) is 24.6 Å². The highest BCUT2D eigenvalue weighted by molar-refractivity contribution is 5.94. The third-order valence-corrected chi connectivity index (χ3v) is 3.16. The number of esters is 1. The van der Waals surface area contributed by atoms with Gasteiger partial charge in [-0.3, -0.25) is 0 Å². The molecule has 0 N–H and O–H groups in total. The van der Waals surface area contributed by atoms with Gasteiger partial charge in [0.15, 0.2) is 0 Å². The fourth-order valence-electron chi connectivity index (χ4n) is 2.12. The molecule has 0 bridgehead atoms. The molecule has 0 spiro atoms. The second kappa shape index (κ2) is 5.24.